The third-order valence-electron chi connectivity index (χ3n) is 5.61. The predicted molar refractivity (Wildman–Crippen MR) is 145 cm³/mol. The molecule has 0 radical (unpaired) electrons. The van der Waals surface area contributed by atoms with Crippen molar-refractivity contribution in [2.45, 2.75) is 19.8 Å². The molecule has 1 heterocycles. The fraction of sp³-hybridized carbons (Fsp3) is 0.143. The van der Waals surface area contributed by atoms with Crippen LogP contribution in [-0.4, -0.2) is 18.4 Å². The number of amides is 2. The van der Waals surface area contributed by atoms with Gasteiger partial charge in [-0.1, -0.05) is 60.7 Å². The minimum atomic E-state index is -0.559. The molecule has 0 aliphatic carbocycles. The molecule has 5 nitrogen and oxygen atoms in total. The Bertz CT molecular complexity index is 1340. The molecule has 3 aromatic carbocycles. The van der Waals surface area contributed by atoms with Crippen LogP contribution in [0.4, 0.5) is 5.00 Å². The van der Waals surface area contributed by atoms with Gasteiger partial charge in [-0.3, -0.25) is 9.59 Å². The van der Waals surface area contributed by atoms with Crippen molar-refractivity contribution < 1.29 is 14.3 Å². The quantitative estimate of drug-likeness (QED) is 0.254. The van der Waals surface area contributed by atoms with Gasteiger partial charge in [0.15, 0.2) is 0 Å². The number of primary amides is 1. The standard InChI is InChI=1S/C28H25BrN2O3S/c1-18-24(16-20-10-6-3-7-11-20)35-28(25(18)26(30)32)31-27(33)21-12-13-23(22(29)17-21)34-15-14-19-8-4-2-5-9-19/h2-13,17H,14-16H2,1H3,(H2,30,32)(H,31,33). The van der Waals surface area contributed by atoms with E-state index in [2.05, 4.69) is 33.4 Å². The second-order valence-electron chi connectivity index (χ2n) is 8.06. The average molecular weight is 549 g/mol. The fourth-order valence-electron chi connectivity index (χ4n) is 3.75. The maximum absolute atomic E-state index is 13.0. The van der Waals surface area contributed by atoms with Crippen molar-refractivity contribution in [2.24, 2.45) is 5.73 Å². The van der Waals surface area contributed by atoms with Gasteiger partial charge in [0, 0.05) is 23.3 Å². The lowest BCUT2D eigenvalue weighted by atomic mass is 10.1. The zero-order chi connectivity index (χ0) is 24.8. The molecule has 4 rings (SSSR count). The van der Waals surface area contributed by atoms with Gasteiger partial charge >= 0.3 is 0 Å². The maximum Gasteiger partial charge on any atom is 0.256 e. The number of rotatable bonds is 9. The molecule has 0 aliphatic rings. The van der Waals surface area contributed by atoms with Crippen molar-refractivity contribution in [1.29, 1.82) is 0 Å². The summed E-state index contributed by atoms with van der Waals surface area (Å²) in [6, 6.07) is 25.3. The Kier molecular flexibility index (Phi) is 8.00. The van der Waals surface area contributed by atoms with Crippen LogP contribution < -0.4 is 15.8 Å². The van der Waals surface area contributed by atoms with Crippen molar-refractivity contribution in [3.8, 4) is 5.75 Å². The van der Waals surface area contributed by atoms with Crippen LogP contribution in [0.5, 0.6) is 5.75 Å². The van der Waals surface area contributed by atoms with E-state index in [4.69, 9.17) is 10.5 Å². The van der Waals surface area contributed by atoms with E-state index in [9.17, 15) is 9.59 Å². The number of benzene rings is 3. The van der Waals surface area contributed by atoms with Crippen LogP contribution in [0.2, 0.25) is 0 Å². The first-order chi connectivity index (χ1) is 16.9. The minimum Gasteiger partial charge on any atom is -0.492 e. The van der Waals surface area contributed by atoms with Gasteiger partial charge in [-0.05, 0) is 57.7 Å². The smallest absolute Gasteiger partial charge is 0.256 e. The highest BCUT2D eigenvalue weighted by molar-refractivity contribution is 9.10. The summed E-state index contributed by atoms with van der Waals surface area (Å²) in [4.78, 5) is 26.2. The monoisotopic (exact) mass is 548 g/mol. The highest BCUT2D eigenvalue weighted by Crippen LogP contribution is 2.35. The van der Waals surface area contributed by atoms with Crippen LogP contribution in [0, 0.1) is 6.92 Å². The zero-order valence-electron chi connectivity index (χ0n) is 19.2. The van der Waals surface area contributed by atoms with E-state index in [1.165, 1.54) is 16.9 Å². The summed E-state index contributed by atoms with van der Waals surface area (Å²) in [6.07, 6.45) is 1.45. The van der Waals surface area contributed by atoms with Crippen LogP contribution >= 0.6 is 27.3 Å². The number of thiophene rings is 1. The average Bonchev–Trinajstić information content (AvgIpc) is 3.15. The number of hydrogen-bond donors (Lipinski definition) is 2. The summed E-state index contributed by atoms with van der Waals surface area (Å²) in [5.41, 5.74) is 9.58. The van der Waals surface area contributed by atoms with Gasteiger partial charge in [0.25, 0.3) is 11.8 Å². The van der Waals surface area contributed by atoms with Crippen molar-refractivity contribution in [2.75, 3.05) is 11.9 Å². The molecule has 0 fully saturated rings. The second-order valence-corrected chi connectivity index (χ2v) is 10.0. The first kappa shape index (κ1) is 24.7. The third-order valence-corrected chi connectivity index (χ3v) is 7.44. The van der Waals surface area contributed by atoms with E-state index in [0.717, 1.165) is 22.4 Å². The third kappa shape index (κ3) is 6.18. The molecule has 1 aromatic heterocycles. The van der Waals surface area contributed by atoms with Gasteiger partial charge in [-0.25, -0.2) is 0 Å². The Balaban J connectivity index is 1.46. The van der Waals surface area contributed by atoms with Crippen LogP contribution in [0.25, 0.3) is 0 Å². The summed E-state index contributed by atoms with van der Waals surface area (Å²) in [7, 11) is 0. The summed E-state index contributed by atoms with van der Waals surface area (Å²) in [5.74, 6) is -0.222. The van der Waals surface area contributed by atoms with Crippen LogP contribution in [0.1, 0.15) is 42.3 Å². The first-order valence-electron chi connectivity index (χ1n) is 11.2. The Morgan fingerprint density at radius 3 is 2.26 bits per heavy atom. The van der Waals surface area contributed by atoms with E-state index >= 15 is 0 Å². The topological polar surface area (TPSA) is 81.4 Å². The molecule has 3 N–H and O–H groups in total. The van der Waals surface area contributed by atoms with E-state index in [1.807, 2.05) is 55.5 Å². The molecule has 0 bridgehead atoms. The van der Waals surface area contributed by atoms with Crippen LogP contribution in [0.3, 0.4) is 0 Å². The number of anilines is 1. The number of carbonyl (C=O) groups excluding carboxylic acids is 2. The maximum atomic E-state index is 13.0. The molecule has 0 aliphatic heterocycles. The molecule has 0 atom stereocenters. The van der Waals surface area contributed by atoms with Crippen LogP contribution in [-0.2, 0) is 12.8 Å². The molecule has 0 spiro atoms. The highest BCUT2D eigenvalue weighted by Gasteiger charge is 2.21. The van der Waals surface area contributed by atoms with E-state index < -0.39 is 5.91 Å². The Hall–Kier alpha value is -3.42. The Morgan fingerprint density at radius 1 is 0.971 bits per heavy atom. The molecule has 0 saturated heterocycles. The minimum absolute atomic E-state index is 0.323. The van der Waals surface area contributed by atoms with Gasteiger partial charge in [0.2, 0.25) is 0 Å². The number of nitrogens with two attached hydrogens (primary N) is 1. The fourth-order valence-corrected chi connectivity index (χ4v) is 5.49. The SMILES string of the molecule is Cc1c(Cc2ccccc2)sc(NC(=O)c2ccc(OCCc3ccccc3)c(Br)c2)c1C(N)=O. The Labute approximate surface area is 217 Å². The highest BCUT2D eigenvalue weighted by atomic mass is 79.9. The summed E-state index contributed by atoms with van der Waals surface area (Å²) in [5, 5.41) is 3.35. The second kappa shape index (κ2) is 11.3. The summed E-state index contributed by atoms with van der Waals surface area (Å²) >= 11 is 4.88. The summed E-state index contributed by atoms with van der Waals surface area (Å²) < 4.78 is 6.56. The molecule has 0 unspecified atom stereocenters. The number of halogens is 1. The van der Waals surface area contributed by atoms with Gasteiger partial charge in [-0.2, -0.15) is 0 Å². The number of nitrogens with one attached hydrogen (secondary N) is 1. The van der Waals surface area contributed by atoms with Gasteiger partial charge < -0.3 is 15.8 Å². The normalized spacial score (nSPS) is 10.7. The van der Waals surface area contributed by atoms with Gasteiger partial charge in [0.05, 0.1) is 16.6 Å². The van der Waals surface area contributed by atoms with E-state index in [1.54, 1.807) is 18.2 Å². The molecule has 2 amide bonds. The number of hydrogen-bond acceptors (Lipinski definition) is 4. The number of ether oxygens (including phenoxy) is 1. The molecule has 178 valence electrons. The lowest BCUT2D eigenvalue weighted by Gasteiger charge is -2.10. The first-order valence-corrected chi connectivity index (χ1v) is 12.8. The van der Waals surface area contributed by atoms with Crippen molar-refractivity contribution >= 4 is 44.1 Å². The lowest BCUT2D eigenvalue weighted by Crippen LogP contribution is -2.17. The predicted octanol–water partition coefficient (Wildman–Crippen LogP) is 6.38. The van der Waals surface area contributed by atoms with Crippen molar-refractivity contribution in [3.63, 3.8) is 0 Å². The van der Waals surface area contributed by atoms with Crippen molar-refractivity contribution in [1.82, 2.24) is 0 Å². The molecular weight excluding hydrogens is 524 g/mol. The molecular formula is C28H25BrN2O3S. The van der Waals surface area contributed by atoms with Crippen LogP contribution in [0.15, 0.2) is 83.3 Å². The number of carbonyl (C=O) groups is 2. The van der Waals surface area contributed by atoms with Gasteiger partial charge in [0.1, 0.15) is 10.8 Å². The van der Waals surface area contributed by atoms with E-state index in [-0.39, 0.29) is 5.91 Å². The molecule has 4 aromatic rings. The lowest BCUT2D eigenvalue weighted by molar-refractivity contribution is 0.100. The largest absolute Gasteiger partial charge is 0.492 e. The summed E-state index contributed by atoms with van der Waals surface area (Å²) in [6.45, 7) is 2.39. The Morgan fingerprint density at radius 2 is 1.63 bits per heavy atom. The molecule has 0 saturated carbocycles. The zero-order valence-corrected chi connectivity index (χ0v) is 21.6. The van der Waals surface area contributed by atoms with Crippen molar-refractivity contribution in [3.05, 3.63) is 116 Å². The van der Waals surface area contributed by atoms with E-state index in [0.29, 0.717) is 39.4 Å². The molecule has 7 heteroatoms. The molecule has 35 heavy (non-hydrogen) atoms. The van der Waals surface area contributed by atoms with Gasteiger partial charge in [-0.15, -0.1) is 11.3 Å².